The maximum Gasteiger partial charge on any atom is 0.244 e. The first-order valence-corrected chi connectivity index (χ1v) is 8.88. The van der Waals surface area contributed by atoms with Crippen molar-refractivity contribution in [2.24, 2.45) is 0 Å². The molecule has 7 nitrogen and oxygen atoms in total. The second-order valence-corrected chi connectivity index (χ2v) is 7.34. The molecule has 1 aliphatic heterocycles. The molecular weight excluding hydrogens is 360 g/mol. The predicted molar refractivity (Wildman–Crippen MR) is 82.5 cm³/mol. The van der Waals surface area contributed by atoms with Gasteiger partial charge in [-0.3, -0.25) is 4.79 Å². The first kappa shape index (κ1) is 16.2. The Kier molecular flexibility index (Phi) is 5.17. The van der Waals surface area contributed by atoms with Gasteiger partial charge in [-0.15, -0.1) is 0 Å². The number of sulfonamides is 1. The Bertz CT molecular complexity index is 635. The van der Waals surface area contributed by atoms with E-state index in [1.165, 1.54) is 12.3 Å². The van der Waals surface area contributed by atoms with Gasteiger partial charge in [0.15, 0.2) is 0 Å². The van der Waals surface area contributed by atoms with Crippen LogP contribution in [0.2, 0.25) is 0 Å². The molecule has 0 saturated carbocycles. The average molecular weight is 377 g/mol. The number of aromatic nitrogens is 1. The lowest BCUT2D eigenvalue weighted by molar-refractivity contribution is -0.119. The zero-order valence-electron chi connectivity index (χ0n) is 11.5. The molecular formula is C12H17BrN4O3S. The van der Waals surface area contributed by atoms with Gasteiger partial charge in [0.1, 0.15) is 10.7 Å². The van der Waals surface area contributed by atoms with Gasteiger partial charge in [-0.1, -0.05) is 0 Å². The van der Waals surface area contributed by atoms with Gasteiger partial charge in [-0.25, -0.2) is 18.1 Å². The summed E-state index contributed by atoms with van der Waals surface area (Å²) >= 11 is 3.23. The fraction of sp³-hybridized carbons (Fsp3) is 0.500. The molecule has 116 valence electrons. The molecule has 0 aliphatic carbocycles. The van der Waals surface area contributed by atoms with Gasteiger partial charge >= 0.3 is 0 Å². The number of hydrogen-bond donors (Lipinski definition) is 3. The predicted octanol–water partition coefficient (Wildman–Crippen LogP) is 0.833. The maximum atomic E-state index is 12.4. The summed E-state index contributed by atoms with van der Waals surface area (Å²) in [7, 11) is -3.70. The number of halogens is 1. The van der Waals surface area contributed by atoms with Gasteiger partial charge in [0, 0.05) is 36.2 Å². The highest BCUT2D eigenvalue weighted by molar-refractivity contribution is 9.10. The third kappa shape index (κ3) is 4.14. The lowest BCUT2D eigenvalue weighted by Gasteiger charge is -2.14. The van der Waals surface area contributed by atoms with Crippen LogP contribution in [0.1, 0.15) is 19.8 Å². The summed E-state index contributed by atoms with van der Waals surface area (Å²) in [4.78, 5) is 15.3. The molecule has 1 aromatic heterocycles. The highest BCUT2D eigenvalue weighted by atomic mass is 79.9. The summed E-state index contributed by atoms with van der Waals surface area (Å²) in [6.45, 7) is 2.60. The van der Waals surface area contributed by atoms with Crippen molar-refractivity contribution >= 4 is 37.7 Å². The van der Waals surface area contributed by atoms with E-state index in [9.17, 15) is 13.2 Å². The van der Waals surface area contributed by atoms with Crippen LogP contribution in [0, 0.1) is 0 Å². The van der Waals surface area contributed by atoms with Gasteiger partial charge in [0.2, 0.25) is 15.9 Å². The van der Waals surface area contributed by atoms with E-state index in [-0.39, 0.29) is 23.4 Å². The lowest BCUT2D eigenvalue weighted by atomic mass is 10.2. The molecule has 2 rings (SSSR count). The van der Waals surface area contributed by atoms with E-state index in [4.69, 9.17) is 0 Å². The first-order valence-electron chi connectivity index (χ1n) is 6.61. The highest BCUT2D eigenvalue weighted by Gasteiger charge is 2.25. The topological polar surface area (TPSA) is 100 Å². The summed E-state index contributed by atoms with van der Waals surface area (Å²) in [6.07, 6.45) is 2.61. The molecule has 1 atom stereocenters. The zero-order valence-corrected chi connectivity index (χ0v) is 13.9. The van der Waals surface area contributed by atoms with Crippen molar-refractivity contribution in [1.82, 2.24) is 15.0 Å². The molecule has 1 unspecified atom stereocenters. The quantitative estimate of drug-likeness (QED) is 0.682. The Labute approximate surface area is 132 Å². The molecule has 1 aliphatic rings. The molecule has 1 amide bonds. The molecule has 1 saturated heterocycles. The highest BCUT2D eigenvalue weighted by Crippen LogP contribution is 2.22. The largest absolute Gasteiger partial charge is 0.369 e. The van der Waals surface area contributed by atoms with Crippen LogP contribution in [0.5, 0.6) is 0 Å². The first-order chi connectivity index (χ1) is 9.92. The third-order valence-electron chi connectivity index (χ3n) is 3.06. The van der Waals surface area contributed by atoms with E-state index in [1.807, 2.05) is 6.92 Å². The second kappa shape index (κ2) is 6.71. The Hall–Kier alpha value is -1.19. The standard InChI is InChI=1S/C12H17BrN4O3S/c1-2-14-12-10(5-8(13)6-15-12)21(19,20)16-7-9-3-4-11(18)17-9/h5-6,9,16H,2-4,7H2,1H3,(H,14,15)(H,17,18). The molecule has 0 aromatic carbocycles. The number of carbonyl (C=O) groups excluding carboxylic acids is 1. The minimum atomic E-state index is -3.70. The van der Waals surface area contributed by atoms with Gasteiger partial charge < -0.3 is 10.6 Å². The van der Waals surface area contributed by atoms with Crippen molar-refractivity contribution in [3.8, 4) is 0 Å². The molecule has 2 heterocycles. The van der Waals surface area contributed by atoms with Gasteiger partial charge in [0.25, 0.3) is 0 Å². The molecule has 9 heteroatoms. The fourth-order valence-electron chi connectivity index (χ4n) is 2.04. The van der Waals surface area contributed by atoms with E-state index in [0.717, 1.165) is 0 Å². The molecule has 21 heavy (non-hydrogen) atoms. The van der Waals surface area contributed by atoms with E-state index >= 15 is 0 Å². The van der Waals surface area contributed by atoms with Crippen molar-refractivity contribution in [1.29, 1.82) is 0 Å². The fourth-order valence-corrected chi connectivity index (χ4v) is 3.76. The van der Waals surface area contributed by atoms with Crippen molar-refractivity contribution in [3.63, 3.8) is 0 Å². The smallest absolute Gasteiger partial charge is 0.244 e. The number of pyridine rings is 1. The Morgan fingerprint density at radius 2 is 2.29 bits per heavy atom. The van der Waals surface area contributed by atoms with Crippen LogP contribution in [-0.4, -0.2) is 38.4 Å². The minimum Gasteiger partial charge on any atom is -0.369 e. The molecule has 0 bridgehead atoms. The number of nitrogens with one attached hydrogen (secondary N) is 3. The van der Waals surface area contributed by atoms with E-state index < -0.39 is 10.0 Å². The van der Waals surface area contributed by atoms with Crippen LogP contribution in [0.3, 0.4) is 0 Å². The van der Waals surface area contributed by atoms with Crippen molar-refractivity contribution in [2.75, 3.05) is 18.4 Å². The summed E-state index contributed by atoms with van der Waals surface area (Å²) in [5.41, 5.74) is 0. The number of nitrogens with zero attached hydrogens (tertiary/aromatic N) is 1. The average Bonchev–Trinajstić information content (AvgIpc) is 2.85. The Balaban J connectivity index is 2.14. The van der Waals surface area contributed by atoms with Crippen molar-refractivity contribution in [3.05, 3.63) is 16.7 Å². The second-order valence-electron chi connectivity index (χ2n) is 4.69. The molecule has 0 radical (unpaired) electrons. The van der Waals surface area contributed by atoms with E-state index in [1.54, 1.807) is 0 Å². The molecule has 1 aromatic rings. The molecule has 0 spiro atoms. The number of hydrogen-bond acceptors (Lipinski definition) is 5. The maximum absolute atomic E-state index is 12.4. The zero-order chi connectivity index (χ0) is 15.5. The van der Waals surface area contributed by atoms with Gasteiger partial charge in [-0.05, 0) is 35.3 Å². The van der Waals surface area contributed by atoms with Crippen LogP contribution in [0.15, 0.2) is 21.6 Å². The van der Waals surface area contributed by atoms with Crippen LogP contribution in [0.4, 0.5) is 5.82 Å². The number of amides is 1. The monoisotopic (exact) mass is 376 g/mol. The third-order valence-corrected chi connectivity index (χ3v) is 4.93. The van der Waals surface area contributed by atoms with Gasteiger partial charge in [0.05, 0.1) is 0 Å². The van der Waals surface area contributed by atoms with E-state index in [0.29, 0.717) is 29.7 Å². The number of anilines is 1. The summed E-state index contributed by atoms with van der Waals surface area (Å²) in [5.74, 6) is 0.264. The summed E-state index contributed by atoms with van der Waals surface area (Å²) in [5, 5.41) is 5.65. The normalized spacial score (nSPS) is 18.6. The lowest BCUT2D eigenvalue weighted by Crippen LogP contribution is -2.38. The van der Waals surface area contributed by atoms with Crippen LogP contribution < -0.4 is 15.4 Å². The van der Waals surface area contributed by atoms with E-state index in [2.05, 4.69) is 36.3 Å². The Morgan fingerprint density at radius 3 is 2.90 bits per heavy atom. The number of rotatable bonds is 6. The SMILES string of the molecule is CCNc1ncc(Br)cc1S(=O)(=O)NCC1CCC(=O)N1. The van der Waals surface area contributed by atoms with Crippen molar-refractivity contribution < 1.29 is 13.2 Å². The van der Waals surface area contributed by atoms with Crippen LogP contribution in [-0.2, 0) is 14.8 Å². The van der Waals surface area contributed by atoms with Crippen LogP contribution >= 0.6 is 15.9 Å². The van der Waals surface area contributed by atoms with Gasteiger partial charge in [-0.2, -0.15) is 0 Å². The summed E-state index contributed by atoms with van der Waals surface area (Å²) in [6, 6.07) is 1.34. The number of carbonyl (C=O) groups is 1. The van der Waals surface area contributed by atoms with Crippen LogP contribution in [0.25, 0.3) is 0 Å². The molecule has 3 N–H and O–H groups in total. The minimum absolute atomic E-state index is 0.0448. The van der Waals surface area contributed by atoms with Crippen molar-refractivity contribution in [2.45, 2.75) is 30.7 Å². The Morgan fingerprint density at radius 1 is 1.52 bits per heavy atom. The molecule has 1 fully saturated rings. The summed E-state index contributed by atoms with van der Waals surface area (Å²) < 4.78 is 27.9.